The Labute approximate surface area is 195 Å². The third-order valence-electron chi connectivity index (χ3n) is 6.35. The first kappa shape index (κ1) is 24.5. The summed E-state index contributed by atoms with van der Waals surface area (Å²) in [6.07, 6.45) is 3.07. The first-order valence-corrected chi connectivity index (χ1v) is 12.1. The van der Waals surface area contributed by atoms with Gasteiger partial charge in [0.1, 0.15) is 0 Å². The van der Waals surface area contributed by atoms with Crippen LogP contribution in [0.1, 0.15) is 57.1 Å². The Morgan fingerprint density at radius 2 is 1.62 bits per heavy atom. The highest BCUT2D eigenvalue weighted by atomic mass is 16.2. The summed E-state index contributed by atoms with van der Waals surface area (Å²) in [5.41, 5.74) is 2.63. The minimum absolute atomic E-state index is 0.150. The maximum Gasteiger partial charge on any atom is 0.223 e. The topological polar surface area (TPSA) is 35.6 Å². The first-order valence-electron chi connectivity index (χ1n) is 12.1. The second kappa shape index (κ2) is 11.6. The largest absolute Gasteiger partial charge is 0.351 e. The lowest BCUT2D eigenvalue weighted by Gasteiger charge is -2.34. The highest BCUT2D eigenvalue weighted by Gasteiger charge is 2.27. The molecule has 0 saturated carbocycles. The van der Waals surface area contributed by atoms with E-state index in [1.807, 2.05) is 0 Å². The first-order chi connectivity index (χ1) is 15.3. The molecule has 4 nitrogen and oxygen atoms in total. The molecular formula is C28H41N3O. The van der Waals surface area contributed by atoms with Crippen molar-refractivity contribution in [2.45, 2.75) is 58.0 Å². The summed E-state index contributed by atoms with van der Waals surface area (Å²) in [7, 11) is 2.22. The molecule has 0 spiro atoms. The summed E-state index contributed by atoms with van der Waals surface area (Å²) < 4.78 is 0. The van der Waals surface area contributed by atoms with Crippen molar-refractivity contribution in [3.63, 3.8) is 0 Å². The van der Waals surface area contributed by atoms with Crippen molar-refractivity contribution in [3.8, 4) is 0 Å². The Morgan fingerprint density at radius 1 is 1.03 bits per heavy atom. The number of hydrogen-bond acceptors (Lipinski definition) is 3. The molecule has 1 N–H and O–H groups in total. The molecule has 1 unspecified atom stereocenters. The highest BCUT2D eigenvalue weighted by molar-refractivity contribution is 5.79. The summed E-state index contributed by atoms with van der Waals surface area (Å²) in [4.78, 5) is 17.5. The smallest absolute Gasteiger partial charge is 0.223 e. The molecule has 2 aromatic rings. The van der Waals surface area contributed by atoms with Crippen molar-refractivity contribution in [1.82, 2.24) is 15.1 Å². The van der Waals surface area contributed by atoms with Crippen LogP contribution in [0, 0.1) is 5.92 Å². The monoisotopic (exact) mass is 435 g/mol. The molecule has 174 valence electrons. The predicted molar refractivity (Wildman–Crippen MR) is 134 cm³/mol. The molecule has 1 amide bonds. The quantitative estimate of drug-likeness (QED) is 0.607. The SMILES string of the molecule is CN(Cc1ccccc1)CC(CCN1CCC(C(=O)NC(C)(C)C)CC1)c1ccccc1. The fraction of sp³-hybridized carbons (Fsp3) is 0.536. The molecule has 4 heteroatoms. The Hall–Kier alpha value is -2.17. The second-order valence-corrected chi connectivity index (χ2v) is 10.4. The molecule has 1 saturated heterocycles. The van der Waals surface area contributed by atoms with Gasteiger partial charge in [0.15, 0.2) is 0 Å². The number of hydrogen-bond donors (Lipinski definition) is 1. The Balaban J connectivity index is 1.52. The van der Waals surface area contributed by atoms with Gasteiger partial charge in [0.2, 0.25) is 5.91 Å². The molecule has 0 bridgehead atoms. The maximum atomic E-state index is 12.5. The summed E-state index contributed by atoms with van der Waals surface area (Å²) in [5, 5.41) is 3.15. The Bertz CT molecular complexity index is 808. The van der Waals surface area contributed by atoms with E-state index in [-0.39, 0.29) is 17.4 Å². The minimum Gasteiger partial charge on any atom is -0.351 e. The van der Waals surface area contributed by atoms with Crippen molar-refractivity contribution >= 4 is 5.91 Å². The summed E-state index contributed by atoms with van der Waals surface area (Å²) in [5.74, 6) is 0.890. The summed E-state index contributed by atoms with van der Waals surface area (Å²) in [6, 6.07) is 21.6. The predicted octanol–water partition coefficient (Wildman–Crippen LogP) is 4.92. The molecule has 1 atom stereocenters. The van der Waals surface area contributed by atoms with Crippen LogP contribution in [0.15, 0.2) is 60.7 Å². The number of piperidine rings is 1. The van der Waals surface area contributed by atoms with E-state index in [9.17, 15) is 4.79 Å². The number of nitrogens with zero attached hydrogens (tertiary/aromatic N) is 2. The van der Waals surface area contributed by atoms with Crippen LogP contribution >= 0.6 is 0 Å². The van der Waals surface area contributed by atoms with Crippen LogP contribution in [0.2, 0.25) is 0 Å². The molecule has 0 aromatic heterocycles. The van der Waals surface area contributed by atoms with Gasteiger partial charge in [0, 0.05) is 24.5 Å². The molecular weight excluding hydrogens is 394 g/mol. The van der Waals surface area contributed by atoms with Gasteiger partial charge in [-0.1, -0.05) is 60.7 Å². The number of amides is 1. The highest BCUT2D eigenvalue weighted by Crippen LogP contribution is 2.24. The molecule has 32 heavy (non-hydrogen) atoms. The average Bonchev–Trinajstić information content (AvgIpc) is 2.77. The number of benzene rings is 2. The van der Waals surface area contributed by atoms with Gasteiger partial charge in [-0.05, 0) is 83.8 Å². The molecule has 2 aromatic carbocycles. The van der Waals surface area contributed by atoms with E-state index in [1.54, 1.807) is 0 Å². The zero-order valence-electron chi connectivity index (χ0n) is 20.4. The minimum atomic E-state index is -0.150. The van der Waals surface area contributed by atoms with E-state index < -0.39 is 0 Å². The third kappa shape index (κ3) is 8.07. The van der Waals surface area contributed by atoms with Crippen LogP contribution in [-0.2, 0) is 11.3 Å². The number of nitrogens with one attached hydrogen (secondary N) is 1. The zero-order chi connectivity index (χ0) is 23.0. The lowest BCUT2D eigenvalue weighted by molar-refractivity contribution is -0.127. The third-order valence-corrected chi connectivity index (χ3v) is 6.35. The Morgan fingerprint density at radius 3 is 2.22 bits per heavy atom. The van der Waals surface area contributed by atoms with Crippen LogP contribution in [0.3, 0.4) is 0 Å². The van der Waals surface area contributed by atoms with E-state index in [4.69, 9.17) is 0 Å². The van der Waals surface area contributed by atoms with Gasteiger partial charge in [0.05, 0.1) is 0 Å². The van der Waals surface area contributed by atoms with Crippen LogP contribution in [0.4, 0.5) is 0 Å². The van der Waals surface area contributed by atoms with Crippen molar-refractivity contribution in [3.05, 3.63) is 71.8 Å². The molecule has 1 heterocycles. The van der Waals surface area contributed by atoms with Gasteiger partial charge in [-0.15, -0.1) is 0 Å². The molecule has 0 radical (unpaired) electrons. The standard InChI is InChI=1S/C28H41N3O/c1-28(2,3)29-27(32)25-15-18-31(19-16-25)20-17-26(24-13-9-6-10-14-24)22-30(4)21-23-11-7-5-8-12-23/h5-14,25-26H,15-22H2,1-4H3,(H,29,32). The van der Waals surface area contributed by atoms with Crippen LogP contribution in [0.5, 0.6) is 0 Å². The molecule has 1 aliphatic rings. The maximum absolute atomic E-state index is 12.5. The number of carbonyl (C=O) groups is 1. The summed E-state index contributed by atoms with van der Waals surface area (Å²) in [6.45, 7) is 11.3. The van der Waals surface area contributed by atoms with E-state index in [0.717, 1.165) is 52.0 Å². The number of likely N-dealkylation sites (tertiary alicyclic amines) is 1. The van der Waals surface area contributed by atoms with Gasteiger partial charge in [-0.2, -0.15) is 0 Å². The van der Waals surface area contributed by atoms with E-state index in [2.05, 4.69) is 104 Å². The number of likely N-dealkylation sites (N-methyl/N-ethyl adjacent to an activating group) is 1. The second-order valence-electron chi connectivity index (χ2n) is 10.4. The molecule has 0 aliphatic carbocycles. The normalized spacial score (nSPS) is 16.8. The van der Waals surface area contributed by atoms with Crippen molar-refractivity contribution in [1.29, 1.82) is 0 Å². The fourth-order valence-corrected chi connectivity index (χ4v) is 4.65. The fourth-order valence-electron chi connectivity index (χ4n) is 4.65. The molecule has 1 fully saturated rings. The van der Waals surface area contributed by atoms with Gasteiger partial charge < -0.3 is 15.1 Å². The van der Waals surface area contributed by atoms with Gasteiger partial charge >= 0.3 is 0 Å². The lowest BCUT2D eigenvalue weighted by Crippen LogP contribution is -2.47. The summed E-state index contributed by atoms with van der Waals surface area (Å²) >= 11 is 0. The molecule has 3 rings (SSSR count). The number of rotatable bonds is 9. The van der Waals surface area contributed by atoms with Crippen molar-refractivity contribution in [2.24, 2.45) is 5.92 Å². The average molecular weight is 436 g/mol. The van der Waals surface area contributed by atoms with Crippen LogP contribution < -0.4 is 5.32 Å². The van der Waals surface area contributed by atoms with Crippen molar-refractivity contribution in [2.75, 3.05) is 33.2 Å². The number of carbonyl (C=O) groups excluding carboxylic acids is 1. The van der Waals surface area contributed by atoms with E-state index >= 15 is 0 Å². The lowest BCUT2D eigenvalue weighted by atomic mass is 9.92. The van der Waals surface area contributed by atoms with E-state index in [1.165, 1.54) is 11.1 Å². The van der Waals surface area contributed by atoms with Gasteiger partial charge in [0.25, 0.3) is 0 Å². The molecule has 1 aliphatic heterocycles. The van der Waals surface area contributed by atoms with Gasteiger partial charge in [-0.3, -0.25) is 4.79 Å². The van der Waals surface area contributed by atoms with E-state index in [0.29, 0.717) is 5.92 Å². The van der Waals surface area contributed by atoms with Crippen LogP contribution in [-0.4, -0.2) is 54.5 Å². The van der Waals surface area contributed by atoms with Gasteiger partial charge in [-0.25, -0.2) is 0 Å². The Kier molecular flexibility index (Phi) is 8.89. The van der Waals surface area contributed by atoms with Crippen LogP contribution in [0.25, 0.3) is 0 Å². The van der Waals surface area contributed by atoms with Crippen molar-refractivity contribution < 1.29 is 4.79 Å². The zero-order valence-corrected chi connectivity index (χ0v) is 20.4.